The van der Waals surface area contributed by atoms with Gasteiger partial charge in [-0.05, 0) is 49.7 Å². The zero-order valence-electron chi connectivity index (χ0n) is 16.1. The van der Waals surface area contributed by atoms with Gasteiger partial charge < -0.3 is 14.4 Å². The number of hydrogen-bond donors (Lipinski definition) is 0. The molecule has 28 heavy (non-hydrogen) atoms. The summed E-state index contributed by atoms with van der Waals surface area (Å²) < 4.78 is 11.5. The third-order valence-corrected chi connectivity index (χ3v) is 5.77. The molecule has 2 heterocycles. The fourth-order valence-electron chi connectivity index (χ4n) is 3.94. The number of fused-ring (bicyclic) bond motifs is 1. The van der Waals surface area contributed by atoms with E-state index in [1.165, 1.54) is 19.3 Å². The first kappa shape index (κ1) is 19.1. The van der Waals surface area contributed by atoms with Gasteiger partial charge in [0.05, 0.1) is 24.2 Å². The number of amides is 1. The normalized spacial score (nSPS) is 16.9. The number of likely N-dealkylation sites (tertiary alicyclic amines) is 1. The Morgan fingerprint density at radius 3 is 2.64 bits per heavy atom. The van der Waals surface area contributed by atoms with E-state index in [0.29, 0.717) is 35.2 Å². The highest BCUT2D eigenvalue weighted by Gasteiger charge is 2.31. The molecule has 0 radical (unpaired) electrons. The fourth-order valence-corrected chi connectivity index (χ4v) is 4.21. The maximum Gasteiger partial charge on any atom is 0.260 e. The number of methoxy groups -OCH3 is 1. The maximum atomic E-state index is 12.9. The molecular formula is C22H25ClN2O3. The molecule has 2 aliphatic rings. The van der Waals surface area contributed by atoms with E-state index in [0.717, 1.165) is 30.9 Å². The number of ether oxygens (including phenoxy) is 2. The second-order valence-electron chi connectivity index (χ2n) is 7.25. The minimum atomic E-state index is -0.0787. The van der Waals surface area contributed by atoms with Crippen molar-refractivity contribution in [3.63, 3.8) is 0 Å². The first-order chi connectivity index (χ1) is 13.7. The summed E-state index contributed by atoms with van der Waals surface area (Å²) in [7, 11) is 1.63. The van der Waals surface area contributed by atoms with Gasteiger partial charge in [0, 0.05) is 18.3 Å². The molecule has 0 atom stereocenters. The van der Waals surface area contributed by atoms with Crippen LogP contribution in [0.1, 0.15) is 35.2 Å². The van der Waals surface area contributed by atoms with Gasteiger partial charge in [-0.1, -0.05) is 30.2 Å². The minimum Gasteiger partial charge on any atom is -0.493 e. The van der Waals surface area contributed by atoms with Gasteiger partial charge in [0.2, 0.25) is 0 Å². The Labute approximate surface area is 170 Å². The summed E-state index contributed by atoms with van der Waals surface area (Å²) in [4.78, 5) is 17.0. The zero-order valence-corrected chi connectivity index (χ0v) is 16.9. The molecular weight excluding hydrogens is 376 g/mol. The van der Waals surface area contributed by atoms with Crippen LogP contribution < -0.4 is 14.4 Å². The highest BCUT2D eigenvalue weighted by Crippen LogP contribution is 2.37. The number of piperidine rings is 1. The molecule has 1 saturated heterocycles. The lowest BCUT2D eigenvalue weighted by Gasteiger charge is -2.26. The molecule has 6 heteroatoms. The summed E-state index contributed by atoms with van der Waals surface area (Å²) >= 11 is 6.24. The molecule has 0 spiro atoms. The number of hydrogen-bond acceptors (Lipinski definition) is 4. The lowest BCUT2D eigenvalue weighted by Crippen LogP contribution is -2.33. The summed E-state index contributed by atoms with van der Waals surface area (Å²) in [6.45, 7) is 4.29. The molecule has 0 aliphatic carbocycles. The number of carbonyl (C=O) groups excluding carboxylic acids is 1. The molecule has 4 rings (SSSR count). The van der Waals surface area contributed by atoms with Crippen molar-refractivity contribution in [2.45, 2.75) is 25.8 Å². The number of rotatable bonds is 6. The molecule has 0 unspecified atom stereocenters. The van der Waals surface area contributed by atoms with Crippen molar-refractivity contribution in [1.82, 2.24) is 4.90 Å². The Morgan fingerprint density at radius 1 is 1.07 bits per heavy atom. The Hall–Kier alpha value is -2.24. The van der Waals surface area contributed by atoms with Crippen molar-refractivity contribution >= 4 is 23.2 Å². The van der Waals surface area contributed by atoms with E-state index >= 15 is 0 Å². The van der Waals surface area contributed by atoms with E-state index in [1.54, 1.807) is 18.1 Å². The van der Waals surface area contributed by atoms with Crippen LogP contribution in [-0.2, 0) is 6.54 Å². The fraction of sp³-hybridized carbons (Fsp3) is 0.409. The Bertz CT molecular complexity index is 865. The number of halogens is 1. The van der Waals surface area contributed by atoms with Crippen molar-refractivity contribution < 1.29 is 14.3 Å². The molecule has 2 aliphatic heterocycles. The summed E-state index contributed by atoms with van der Waals surface area (Å²) in [6.07, 6.45) is 3.85. The minimum absolute atomic E-state index is 0.0787. The zero-order chi connectivity index (χ0) is 19.5. The molecule has 148 valence electrons. The van der Waals surface area contributed by atoms with Gasteiger partial charge >= 0.3 is 0 Å². The molecule has 0 bridgehead atoms. The number of anilines is 1. The van der Waals surface area contributed by atoms with Crippen LogP contribution in [0.15, 0.2) is 36.4 Å². The highest BCUT2D eigenvalue weighted by atomic mass is 35.5. The van der Waals surface area contributed by atoms with Crippen LogP contribution in [0.3, 0.4) is 0 Å². The van der Waals surface area contributed by atoms with Crippen LogP contribution in [-0.4, -0.2) is 44.2 Å². The standard InChI is InChI=1S/C22H25ClN2O3/c1-27-19-9-8-17(14-20(19)28-13-12-24-10-3-2-4-11-24)25-15-16-6-5-7-18(23)21(16)22(25)26/h5-9,14H,2-4,10-13,15H2,1H3. The second kappa shape index (κ2) is 8.41. The van der Waals surface area contributed by atoms with E-state index in [2.05, 4.69) is 4.90 Å². The third-order valence-electron chi connectivity index (χ3n) is 5.46. The molecule has 0 saturated carbocycles. The van der Waals surface area contributed by atoms with Gasteiger partial charge in [-0.15, -0.1) is 0 Å². The predicted octanol–water partition coefficient (Wildman–Crippen LogP) is 4.37. The molecule has 1 fully saturated rings. The first-order valence-corrected chi connectivity index (χ1v) is 10.2. The van der Waals surface area contributed by atoms with Crippen LogP contribution in [0, 0.1) is 0 Å². The van der Waals surface area contributed by atoms with Crippen LogP contribution in [0.4, 0.5) is 5.69 Å². The highest BCUT2D eigenvalue weighted by molar-refractivity contribution is 6.35. The smallest absolute Gasteiger partial charge is 0.260 e. The van der Waals surface area contributed by atoms with Gasteiger partial charge in [0.25, 0.3) is 5.91 Å². The second-order valence-corrected chi connectivity index (χ2v) is 7.66. The van der Waals surface area contributed by atoms with Gasteiger partial charge in [-0.25, -0.2) is 0 Å². The van der Waals surface area contributed by atoms with E-state index in [1.807, 2.05) is 30.3 Å². The van der Waals surface area contributed by atoms with Gasteiger partial charge in [-0.3, -0.25) is 9.69 Å². The SMILES string of the molecule is COc1ccc(N2Cc3cccc(Cl)c3C2=O)cc1OCCN1CCCCC1. The van der Waals surface area contributed by atoms with Crippen LogP contribution in [0.2, 0.25) is 5.02 Å². The van der Waals surface area contributed by atoms with Gasteiger partial charge in [0.15, 0.2) is 11.5 Å². The average Bonchev–Trinajstić information content (AvgIpc) is 3.06. The van der Waals surface area contributed by atoms with Crippen LogP contribution in [0.5, 0.6) is 11.5 Å². The van der Waals surface area contributed by atoms with Crippen molar-refractivity contribution in [3.05, 3.63) is 52.5 Å². The lowest BCUT2D eigenvalue weighted by atomic mass is 10.1. The maximum absolute atomic E-state index is 12.9. The number of carbonyl (C=O) groups is 1. The molecule has 1 amide bonds. The third kappa shape index (κ3) is 3.82. The summed E-state index contributed by atoms with van der Waals surface area (Å²) in [5.74, 6) is 1.25. The summed E-state index contributed by atoms with van der Waals surface area (Å²) in [5, 5.41) is 0.497. The molecule has 0 aromatic heterocycles. The topological polar surface area (TPSA) is 42.0 Å². The van der Waals surface area contributed by atoms with Gasteiger partial charge in [-0.2, -0.15) is 0 Å². The Balaban J connectivity index is 1.49. The van der Waals surface area contributed by atoms with Crippen LogP contribution in [0.25, 0.3) is 0 Å². The van der Waals surface area contributed by atoms with Crippen molar-refractivity contribution in [2.24, 2.45) is 0 Å². The Kier molecular flexibility index (Phi) is 5.74. The summed E-state index contributed by atoms with van der Waals surface area (Å²) in [5.41, 5.74) is 2.32. The van der Waals surface area contributed by atoms with Crippen molar-refractivity contribution in [3.8, 4) is 11.5 Å². The molecule has 2 aromatic rings. The summed E-state index contributed by atoms with van der Waals surface area (Å²) in [6, 6.07) is 11.2. The predicted molar refractivity (Wildman–Crippen MR) is 111 cm³/mol. The number of nitrogens with zero attached hydrogens (tertiary/aromatic N) is 2. The largest absolute Gasteiger partial charge is 0.493 e. The molecule has 2 aromatic carbocycles. The van der Waals surface area contributed by atoms with E-state index < -0.39 is 0 Å². The quantitative estimate of drug-likeness (QED) is 0.721. The Morgan fingerprint density at radius 2 is 1.89 bits per heavy atom. The van der Waals surface area contributed by atoms with Crippen LogP contribution >= 0.6 is 11.6 Å². The van der Waals surface area contributed by atoms with Crippen molar-refractivity contribution in [2.75, 3.05) is 38.3 Å². The lowest BCUT2D eigenvalue weighted by molar-refractivity contribution is 0.0996. The van der Waals surface area contributed by atoms with Crippen molar-refractivity contribution in [1.29, 1.82) is 0 Å². The molecule has 0 N–H and O–H groups in total. The van der Waals surface area contributed by atoms with E-state index in [9.17, 15) is 4.79 Å². The van der Waals surface area contributed by atoms with Gasteiger partial charge in [0.1, 0.15) is 6.61 Å². The average molecular weight is 401 g/mol. The van der Waals surface area contributed by atoms with E-state index in [-0.39, 0.29) is 5.91 Å². The number of benzene rings is 2. The van der Waals surface area contributed by atoms with E-state index in [4.69, 9.17) is 21.1 Å². The monoisotopic (exact) mass is 400 g/mol. The molecule has 5 nitrogen and oxygen atoms in total. The first-order valence-electron chi connectivity index (χ1n) is 9.80.